The van der Waals surface area contributed by atoms with Gasteiger partial charge in [-0.05, 0) is 13.3 Å². The molecule has 0 saturated heterocycles. The third-order valence-corrected chi connectivity index (χ3v) is 2.09. The van der Waals surface area contributed by atoms with Crippen molar-refractivity contribution in [2.45, 2.75) is 45.7 Å². The van der Waals surface area contributed by atoms with Gasteiger partial charge in [-0.1, -0.05) is 13.8 Å². The lowest BCUT2D eigenvalue weighted by Gasteiger charge is -2.11. The van der Waals surface area contributed by atoms with Crippen LogP contribution >= 0.6 is 0 Å². The molecule has 1 atom stereocenters. The monoisotopic (exact) mass is 181 g/mol. The zero-order valence-electron chi connectivity index (χ0n) is 8.70. The predicted molar refractivity (Wildman–Crippen MR) is 54.6 cm³/mol. The van der Waals surface area contributed by atoms with Gasteiger partial charge in [-0.15, -0.1) is 0 Å². The number of imidazole rings is 1. The van der Waals surface area contributed by atoms with Crippen LogP contribution in [0.2, 0.25) is 0 Å². The summed E-state index contributed by atoms with van der Waals surface area (Å²) < 4.78 is 2.19. The summed E-state index contributed by atoms with van der Waals surface area (Å²) >= 11 is 0. The van der Waals surface area contributed by atoms with Crippen molar-refractivity contribution in [2.75, 3.05) is 0 Å². The van der Waals surface area contributed by atoms with Crippen LogP contribution in [0.1, 0.15) is 38.9 Å². The highest BCUT2D eigenvalue weighted by atomic mass is 15.1. The molecule has 3 heteroatoms. The highest BCUT2D eigenvalue weighted by Crippen LogP contribution is 2.12. The molecule has 0 aromatic carbocycles. The molecule has 0 aliphatic heterocycles. The molecule has 13 heavy (non-hydrogen) atoms. The van der Waals surface area contributed by atoms with Gasteiger partial charge in [-0.25, -0.2) is 4.98 Å². The molecule has 1 aromatic heterocycles. The van der Waals surface area contributed by atoms with Crippen molar-refractivity contribution < 1.29 is 0 Å². The van der Waals surface area contributed by atoms with Gasteiger partial charge in [0.25, 0.3) is 0 Å². The largest absolute Gasteiger partial charge is 0.335 e. The SMILES string of the molecule is CC(N)CCn1ccnc1C(C)C. The highest BCUT2D eigenvalue weighted by Gasteiger charge is 2.06. The Hall–Kier alpha value is -0.830. The first-order valence-corrected chi connectivity index (χ1v) is 4.88. The van der Waals surface area contributed by atoms with Crippen molar-refractivity contribution >= 4 is 0 Å². The van der Waals surface area contributed by atoms with Gasteiger partial charge in [0.15, 0.2) is 0 Å². The average molecular weight is 181 g/mol. The lowest BCUT2D eigenvalue weighted by molar-refractivity contribution is 0.542. The number of hydrogen-bond donors (Lipinski definition) is 1. The Morgan fingerprint density at radius 2 is 2.15 bits per heavy atom. The van der Waals surface area contributed by atoms with Crippen LogP contribution in [0.4, 0.5) is 0 Å². The van der Waals surface area contributed by atoms with Crippen LogP contribution in [-0.2, 0) is 6.54 Å². The van der Waals surface area contributed by atoms with Crippen molar-refractivity contribution in [3.8, 4) is 0 Å². The van der Waals surface area contributed by atoms with Crippen LogP contribution in [0.5, 0.6) is 0 Å². The van der Waals surface area contributed by atoms with E-state index < -0.39 is 0 Å². The van der Waals surface area contributed by atoms with E-state index >= 15 is 0 Å². The number of rotatable bonds is 4. The Bertz CT molecular complexity index is 250. The number of aryl methyl sites for hydroxylation is 1. The zero-order valence-corrected chi connectivity index (χ0v) is 8.70. The van der Waals surface area contributed by atoms with Crippen molar-refractivity contribution in [3.63, 3.8) is 0 Å². The Labute approximate surface area is 80.0 Å². The molecule has 1 heterocycles. The number of nitrogens with zero attached hydrogens (tertiary/aromatic N) is 2. The van der Waals surface area contributed by atoms with Crippen LogP contribution in [0.3, 0.4) is 0 Å². The topological polar surface area (TPSA) is 43.8 Å². The second-order valence-electron chi connectivity index (χ2n) is 3.90. The van der Waals surface area contributed by atoms with E-state index in [0.717, 1.165) is 18.8 Å². The minimum Gasteiger partial charge on any atom is -0.335 e. The van der Waals surface area contributed by atoms with Gasteiger partial charge in [-0.2, -0.15) is 0 Å². The summed E-state index contributed by atoms with van der Waals surface area (Å²) in [5.41, 5.74) is 5.70. The third-order valence-electron chi connectivity index (χ3n) is 2.09. The lowest BCUT2D eigenvalue weighted by Crippen LogP contribution is -2.18. The summed E-state index contributed by atoms with van der Waals surface area (Å²) in [6.07, 6.45) is 4.89. The van der Waals surface area contributed by atoms with E-state index in [1.54, 1.807) is 0 Å². The normalized spacial score (nSPS) is 13.6. The van der Waals surface area contributed by atoms with Crippen molar-refractivity contribution in [3.05, 3.63) is 18.2 Å². The summed E-state index contributed by atoms with van der Waals surface area (Å²) in [4.78, 5) is 4.32. The Morgan fingerprint density at radius 3 is 2.69 bits per heavy atom. The van der Waals surface area contributed by atoms with Crippen LogP contribution in [0.15, 0.2) is 12.4 Å². The van der Waals surface area contributed by atoms with Crippen molar-refractivity contribution in [1.82, 2.24) is 9.55 Å². The fourth-order valence-corrected chi connectivity index (χ4v) is 1.35. The van der Waals surface area contributed by atoms with Gasteiger partial charge in [0.05, 0.1) is 0 Å². The Balaban J connectivity index is 2.60. The summed E-state index contributed by atoms with van der Waals surface area (Å²) in [5, 5.41) is 0. The maximum absolute atomic E-state index is 5.70. The fraction of sp³-hybridized carbons (Fsp3) is 0.700. The maximum atomic E-state index is 5.70. The molecule has 0 saturated carbocycles. The fourth-order valence-electron chi connectivity index (χ4n) is 1.35. The molecule has 1 aromatic rings. The predicted octanol–water partition coefficient (Wildman–Crippen LogP) is 1.74. The molecule has 0 aliphatic carbocycles. The molecule has 0 aliphatic rings. The summed E-state index contributed by atoms with van der Waals surface area (Å²) in [5.74, 6) is 1.64. The summed E-state index contributed by atoms with van der Waals surface area (Å²) in [7, 11) is 0. The van der Waals surface area contributed by atoms with Gasteiger partial charge in [0.2, 0.25) is 0 Å². The van der Waals surface area contributed by atoms with E-state index in [2.05, 4.69) is 23.4 Å². The van der Waals surface area contributed by atoms with E-state index in [0.29, 0.717) is 5.92 Å². The zero-order chi connectivity index (χ0) is 9.84. The maximum Gasteiger partial charge on any atom is 0.111 e. The number of hydrogen-bond acceptors (Lipinski definition) is 2. The minimum atomic E-state index is 0.266. The van der Waals surface area contributed by atoms with E-state index in [1.165, 1.54) is 0 Å². The second kappa shape index (κ2) is 4.42. The highest BCUT2D eigenvalue weighted by molar-refractivity contribution is 4.97. The van der Waals surface area contributed by atoms with Gasteiger partial charge >= 0.3 is 0 Å². The smallest absolute Gasteiger partial charge is 0.111 e. The molecule has 0 spiro atoms. The molecule has 1 rings (SSSR count). The van der Waals surface area contributed by atoms with E-state index in [1.807, 2.05) is 19.3 Å². The molecule has 0 fully saturated rings. The molecule has 74 valence electrons. The molecule has 0 amide bonds. The van der Waals surface area contributed by atoms with Gasteiger partial charge in [0, 0.05) is 30.9 Å². The van der Waals surface area contributed by atoms with Crippen LogP contribution in [-0.4, -0.2) is 15.6 Å². The Kier molecular flexibility index (Phi) is 3.48. The van der Waals surface area contributed by atoms with Crippen LogP contribution < -0.4 is 5.73 Å². The van der Waals surface area contributed by atoms with Gasteiger partial charge < -0.3 is 10.3 Å². The number of aromatic nitrogens is 2. The molecule has 2 N–H and O–H groups in total. The first-order chi connectivity index (χ1) is 6.11. The van der Waals surface area contributed by atoms with E-state index in [4.69, 9.17) is 5.73 Å². The summed E-state index contributed by atoms with van der Waals surface area (Å²) in [6, 6.07) is 0.266. The first kappa shape index (κ1) is 10.3. The lowest BCUT2D eigenvalue weighted by atomic mass is 10.2. The van der Waals surface area contributed by atoms with Crippen LogP contribution in [0, 0.1) is 0 Å². The average Bonchev–Trinajstić information content (AvgIpc) is 2.47. The Morgan fingerprint density at radius 1 is 1.46 bits per heavy atom. The van der Waals surface area contributed by atoms with Gasteiger partial charge in [-0.3, -0.25) is 0 Å². The first-order valence-electron chi connectivity index (χ1n) is 4.88. The second-order valence-corrected chi connectivity index (χ2v) is 3.90. The third kappa shape index (κ3) is 2.84. The van der Waals surface area contributed by atoms with Crippen molar-refractivity contribution in [1.29, 1.82) is 0 Å². The molecule has 0 radical (unpaired) electrons. The van der Waals surface area contributed by atoms with E-state index in [9.17, 15) is 0 Å². The quantitative estimate of drug-likeness (QED) is 0.769. The van der Waals surface area contributed by atoms with Gasteiger partial charge in [0.1, 0.15) is 5.82 Å². The molecule has 0 bridgehead atoms. The number of nitrogens with two attached hydrogens (primary N) is 1. The van der Waals surface area contributed by atoms with Crippen molar-refractivity contribution in [2.24, 2.45) is 5.73 Å². The molecule has 3 nitrogen and oxygen atoms in total. The van der Waals surface area contributed by atoms with Crippen LogP contribution in [0.25, 0.3) is 0 Å². The minimum absolute atomic E-state index is 0.266. The molecular formula is C10H19N3. The van der Waals surface area contributed by atoms with E-state index in [-0.39, 0.29) is 6.04 Å². The standard InChI is InChI=1S/C10H19N3/c1-8(2)10-12-5-7-13(10)6-4-9(3)11/h5,7-9H,4,6,11H2,1-3H3. The summed E-state index contributed by atoms with van der Waals surface area (Å²) in [6.45, 7) is 7.33. The molecule has 1 unspecified atom stereocenters. The molecular weight excluding hydrogens is 162 g/mol.